The van der Waals surface area contributed by atoms with Gasteiger partial charge in [-0.05, 0) is 81.5 Å². The van der Waals surface area contributed by atoms with Gasteiger partial charge in [0.05, 0.1) is 31.3 Å². The standard InChI is InChI=1S/C31H43ClN6O2S/c1-3-28(39)38-14-13-37(18-24(38)9-11-33)29-26-8-10-31(16-21-6-7-23(32)15-22(21)20-41-31)17-27(26)34-30(35-29)40-19-25-5-4-12-36(25)2/h3,6-7,15,24-27,29-30,34-35H,1,4-5,8-10,12-14,16-20H2,2H3/t24?,25?,26?,27?,29?,30?,31-/m1/s1. The van der Waals surface area contributed by atoms with Crippen LogP contribution in [-0.2, 0) is 21.7 Å². The van der Waals surface area contributed by atoms with Crippen LogP contribution >= 0.6 is 23.4 Å². The molecule has 0 bridgehead atoms. The predicted molar refractivity (Wildman–Crippen MR) is 163 cm³/mol. The molecule has 1 aromatic rings. The molecule has 1 aromatic carbocycles. The van der Waals surface area contributed by atoms with Crippen LogP contribution < -0.4 is 10.6 Å². The minimum Gasteiger partial charge on any atom is -0.348 e. The first kappa shape index (κ1) is 29.4. The number of ether oxygens (including phenoxy) is 1. The van der Waals surface area contributed by atoms with E-state index in [1.165, 1.54) is 36.5 Å². The maximum atomic E-state index is 12.6. The lowest BCUT2D eigenvalue weighted by molar-refractivity contribution is -0.135. The van der Waals surface area contributed by atoms with Gasteiger partial charge in [-0.25, -0.2) is 0 Å². The number of halogens is 1. The number of fused-ring (bicyclic) bond motifs is 2. The van der Waals surface area contributed by atoms with Crippen LogP contribution in [0.1, 0.15) is 49.7 Å². The second-order valence-corrected chi connectivity index (χ2v) is 14.5. The highest BCUT2D eigenvalue weighted by molar-refractivity contribution is 8.00. The summed E-state index contributed by atoms with van der Waals surface area (Å²) in [7, 11) is 2.19. The van der Waals surface area contributed by atoms with Crippen LogP contribution in [0.25, 0.3) is 0 Å². The molecule has 8 nitrogen and oxygen atoms in total. The molecule has 0 aromatic heterocycles. The second-order valence-electron chi connectivity index (χ2n) is 12.6. The molecule has 5 aliphatic rings. The zero-order valence-corrected chi connectivity index (χ0v) is 25.6. The monoisotopic (exact) mass is 598 g/mol. The van der Waals surface area contributed by atoms with E-state index in [1.807, 2.05) is 11.0 Å². The molecular weight excluding hydrogens is 556 g/mol. The van der Waals surface area contributed by atoms with Crippen molar-refractivity contribution in [3.63, 3.8) is 0 Å². The van der Waals surface area contributed by atoms with Crippen LogP contribution in [0.4, 0.5) is 0 Å². The SMILES string of the molecule is C=CC(=O)N1CCN(C2NC(OCC3CCCN3C)NC3C[C@@]4(CCC32)Cc2ccc(Cl)cc2CS4)CC1CC#N. The first-order valence-electron chi connectivity index (χ1n) is 15.2. The Bertz CT molecular complexity index is 1180. The zero-order chi connectivity index (χ0) is 28.6. The zero-order valence-electron chi connectivity index (χ0n) is 24.1. The fraction of sp³-hybridized carbons (Fsp3) is 0.677. The second kappa shape index (κ2) is 12.5. The summed E-state index contributed by atoms with van der Waals surface area (Å²) in [6, 6.07) is 9.36. The third kappa shape index (κ3) is 6.21. The first-order valence-corrected chi connectivity index (χ1v) is 16.5. The molecule has 2 N–H and O–H groups in total. The van der Waals surface area contributed by atoms with Crippen LogP contribution in [0.5, 0.6) is 0 Å². The van der Waals surface area contributed by atoms with Gasteiger partial charge in [-0.2, -0.15) is 5.26 Å². The van der Waals surface area contributed by atoms with E-state index in [2.05, 4.69) is 64.0 Å². The van der Waals surface area contributed by atoms with E-state index >= 15 is 0 Å². The molecule has 222 valence electrons. The molecule has 0 radical (unpaired) electrons. The maximum absolute atomic E-state index is 12.6. The lowest BCUT2D eigenvalue weighted by atomic mass is 9.72. The highest BCUT2D eigenvalue weighted by Crippen LogP contribution is 2.50. The fourth-order valence-electron chi connectivity index (χ4n) is 7.88. The van der Waals surface area contributed by atoms with Crippen molar-refractivity contribution in [2.24, 2.45) is 5.92 Å². The van der Waals surface area contributed by atoms with Crippen molar-refractivity contribution in [1.29, 1.82) is 5.26 Å². The molecule has 10 heteroatoms. The lowest BCUT2D eigenvalue weighted by Gasteiger charge is -2.56. The molecule has 41 heavy (non-hydrogen) atoms. The number of likely N-dealkylation sites (tertiary alicyclic amines) is 1. The number of carbonyl (C=O) groups is 1. The summed E-state index contributed by atoms with van der Waals surface area (Å²) < 4.78 is 6.78. The maximum Gasteiger partial charge on any atom is 0.246 e. The molecule has 6 rings (SSSR count). The Labute approximate surface area is 253 Å². The number of thioether (sulfide) groups is 1. The minimum absolute atomic E-state index is 0.0848. The molecule has 1 amide bonds. The molecule has 3 saturated heterocycles. The van der Waals surface area contributed by atoms with E-state index < -0.39 is 0 Å². The summed E-state index contributed by atoms with van der Waals surface area (Å²) in [6.45, 7) is 7.58. The number of hydrogen-bond donors (Lipinski definition) is 2. The number of nitrogens with one attached hydrogen (secondary N) is 2. The van der Waals surface area contributed by atoms with Crippen LogP contribution in [0, 0.1) is 17.2 Å². The van der Waals surface area contributed by atoms with Crippen molar-refractivity contribution >= 4 is 29.3 Å². The number of nitriles is 1. The van der Waals surface area contributed by atoms with E-state index in [4.69, 9.17) is 16.3 Å². The lowest BCUT2D eigenvalue weighted by Crippen LogP contribution is -2.73. The first-order chi connectivity index (χ1) is 19.9. The molecule has 1 saturated carbocycles. The molecule has 7 atom stereocenters. The summed E-state index contributed by atoms with van der Waals surface area (Å²) >= 11 is 8.42. The normalized spacial score (nSPS) is 36.0. The summed E-state index contributed by atoms with van der Waals surface area (Å²) in [6.07, 6.45) is 8.48. The van der Waals surface area contributed by atoms with Crippen LogP contribution in [0.15, 0.2) is 30.9 Å². The summed E-state index contributed by atoms with van der Waals surface area (Å²) in [5, 5.41) is 18.1. The van der Waals surface area contributed by atoms with E-state index in [0.29, 0.717) is 44.1 Å². The van der Waals surface area contributed by atoms with Gasteiger partial charge in [0, 0.05) is 53.2 Å². The van der Waals surface area contributed by atoms with Crippen LogP contribution in [-0.4, -0.2) is 95.8 Å². The van der Waals surface area contributed by atoms with Gasteiger partial charge in [-0.1, -0.05) is 24.2 Å². The van der Waals surface area contributed by atoms with Crippen LogP contribution in [0.3, 0.4) is 0 Å². The van der Waals surface area contributed by atoms with Crippen molar-refractivity contribution in [1.82, 2.24) is 25.3 Å². The molecule has 4 aliphatic heterocycles. The van der Waals surface area contributed by atoms with Crippen LogP contribution in [0.2, 0.25) is 5.02 Å². The number of benzene rings is 1. The molecule has 1 aliphatic carbocycles. The smallest absolute Gasteiger partial charge is 0.246 e. The van der Waals surface area contributed by atoms with Gasteiger partial charge in [0.2, 0.25) is 5.91 Å². The van der Waals surface area contributed by atoms with E-state index in [0.717, 1.165) is 43.1 Å². The molecular formula is C31H43ClN6O2S. The molecule has 6 unspecified atom stereocenters. The number of amides is 1. The number of piperazine rings is 1. The number of carbonyl (C=O) groups excluding carboxylic acids is 1. The summed E-state index contributed by atoms with van der Waals surface area (Å²) in [4.78, 5) is 19.3. The van der Waals surface area contributed by atoms with E-state index in [9.17, 15) is 10.1 Å². The Morgan fingerprint density at radius 2 is 2.15 bits per heavy atom. The van der Waals surface area contributed by atoms with Crippen molar-refractivity contribution in [3.05, 3.63) is 47.0 Å². The van der Waals surface area contributed by atoms with Gasteiger partial charge in [-0.15, -0.1) is 11.8 Å². The Morgan fingerprint density at radius 1 is 1.27 bits per heavy atom. The molecule has 1 spiro atoms. The number of hydrogen-bond acceptors (Lipinski definition) is 8. The highest BCUT2D eigenvalue weighted by Gasteiger charge is 2.50. The van der Waals surface area contributed by atoms with Gasteiger partial charge < -0.3 is 14.5 Å². The topological polar surface area (TPSA) is 83.9 Å². The Kier molecular flexibility index (Phi) is 9.00. The van der Waals surface area contributed by atoms with Gasteiger partial charge in [0.1, 0.15) is 0 Å². The van der Waals surface area contributed by atoms with Crippen molar-refractivity contribution in [2.45, 2.75) is 86.1 Å². The third-order valence-corrected chi connectivity index (χ3v) is 12.0. The summed E-state index contributed by atoms with van der Waals surface area (Å²) in [5.41, 5.74) is 2.82. The number of nitrogens with zero attached hydrogens (tertiary/aromatic N) is 4. The molecule has 4 heterocycles. The minimum atomic E-state index is -0.229. The number of rotatable bonds is 6. The predicted octanol–water partition coefficient (Wildman–Crippen LogP) is 3.56. The van der Waals surface area contributed by atoms with Gasteiger partial charge in [-0.3, -0.25) is 20.3 Å². The van der Waals surface area contributed by atoms with Crippen molar-refractivity contribution in [3.8, 4) is 6.07 Å². The van der Waals surface area contributed by atoms with Gasteiger partial charge in [0.25, 0.3) is 0 Å². The van der Waals surface area contributed by atoms with Gasteiger partial charge >= 0.3 is 0 Å². The largest absolute Gasteiger partial charge is 0.348 e. The fourth-order valence-corrected chi connectivity index (χ4v) is 9.62. The average molecular weight is 599 g/mol. The Hall–Kier alpha value is -1.64. The average Bonchev–Trinajstić information content (AvgIpc) is 3.39. The number of likely N-dealkylation sites (N-methyl/N-ethyl adjacent to an activating group) is 1. The van der Waals surface area contributed by atoms with E-state index in [-0.39, 0.29) is 29.2 Å². The third-order valence-electron chi connectivity index (χ3n) is 10.2. The Morgan fingerprint density at radius 3 is 2.93 bits per heavy atom. The van der Waals surface area contributed by atoms with Crippen molar-refractivity contribution < 1.29 is 9.53 Å². The Balaban J connectivity index is 1.20. The molecule has 4 fully saturated rings. The van der Waals surface area contributed by atoms with Gasteiger partial charge in [0.15, 0.2) is 6.35 Å². The quantitative estimate of drug-likeness (QED) is 0.481. The van der Waals surface area contributed by atoms with Crippen molar-refractivity contribution in [2.75, 3.05) is 39.8 Å². The van der Waals surface area contributed by atoms with E-state index in [1.54, 1.807) is 0 Å². The summed E-state index contributed by atoms with van der Waals surface area (Å²) in [5.74, 6) is 1.35. The highest BCUT2D eigenvalue weighted by atomic mass is 35.5.